The van der Waals surface area contributed by atoms with Crippen molar-refractivity contribution in [3.05, 3.63) is 53.6 Å². The fourth-order valence-electron chi connectivity index (χ4n) is 5.92. The average Bonchev–Trinajstić information content (AvgIpc) is 2.92. The Morgan fingerprint density at radius 2 is 1.82 bits per heavy atom. The summed E-state index contributed by atoms with van der Waals surface area (Å²) in [5.74, 6) is 0.601. The van der Waals surface area contributed by atoms with E-state index in [0.717, 1.165) is 55.5 Å². The molecule has 1 unspecified atom stereocenters. The molecule has 0 spiro atoms. The molecule has 1 atom stereocenters. The van der Waals surface area contributed by atoms with Crippen LogP contribution in [0.4, 0.5) is 5.69 Å². The molecular formula is C29H37N3O5S. The molecule has 38 heavy (non-hydrogen) atoms. The first kappa shape index (κ1) is 26.7. The number of carbonyl (C=O) groups is 2. The van der Waals surface area contributed by atoms with E-state index in [9.17, 15) is 18.0 Å². The highest BCUT2D eigenvalue weighted by molar-refractivity contribution is 7.89. The topological polar surface area (TPSA) is 87.2 Å². The minimum atomic E-state index is -3.94. The zero-order chi connectivity index (χ0) is 26.7. The van der Waals surface area contributed by atoms with Gasteiger partial charge in [-0.05, 0) is 92.8 Å². The first-order valence-electron chi connectivity index (χ1n) is 13.8. The summed E-state index contributed by atoms with van der Waals surface area (Å²) in [6, 6.07) is 13.1. The van der Waals surface area contributed by atoms with Gasteiger partial charge in [0.2, 0.25) is 21.8 Å². The number of sulfonamides is 1. The third kappa shape index (κ3) is 5.73. The van der Waals surface area contributed by atoms with E-state index in [4.69, 9.17) is 4.74 Å². The van der Waals surface area contributed by atoms with Crippen LogP contribution in [0.5, 0.6) is 5.75 Å². The Hall–Kier alpha value is -2.91. The van der Waals surface area contributed by atoms with Gasteiger partial charge in [0, 0.05) is 38.3 Å². The van der Waals surface area contributed by atoms with Gasteiger partial charge in [0.25, 0.3) is 0 Å². The predicted molar refractivity (Wildman–Crippen MR) is 146 cm³/mol. The van der Waals surface area contributed by atoms with Gasteiger partial charge in [0.1, 0.15) is 5.75 Å². The summed E-state index contributed by atoms with van der Waals surface area (Å²) in [7, 11) is -3.94. The van der Waals surface area contributed by atoms with Crippen LogP contribution in [0, 0.1) is 0 Å². The molecule has 0 N–H and O–H groups in total. The highest BCUT2D eigenvalue weighted by Gasteiger charge is 2.33. The van der Waals surface area contributed by atoms with E-state index in [1.54, 1.807) is 23.1 Å². The van der Waals surface area contributed by atoms with E-state index >= 15 is 0 Å². The number of benzene rings is 2. The van der Waals surface area contributed by atoms with Crippen LogP contribution in [0.25, 0.3) is 0 Å². The maximum absolute atomic E-state index is 13.9. The van der Waals surface area contributed by atoms with Gasteiger partial charge in [-0.25, -0.2) is 8.42 Å². The second kappa shape index (κ2) is 11.5. The summed E-state index contributed by atoms with van der Waals surface area (Å²) in [5.41, 5.74) is 2.81. The third-order valence-corrected chi connectivity index (χ3v) is 9.77. The Balaban J connectivity index is 1.43. The van der Waals surface area contributed by atoms with Gasteiger partial charge in [-0.15, -0.1) is 0 Å². The van der Waals surface area contributed by atoms with E-state index in [1.807, 2.05) is 23.1 Å². The summed E-state index contributed by atoms with van der Waals surface area (Å²) < 4.78 is 35.1. The van der Waals surface area contributed by atoms with Gasteiger partial charge in [-0.3, -0.25) is 9.59 Å². The number of hydrogen-bond acceptors (Lipinski definition) is 5. The summed E-state index contributed by atoms with van der Waals surface area (Å²) >= 11 is 0. The van der Waals surface area contributed by atoms with E-state index in [2.05, 4.69) is 6.07 Å². The summed E-state index contributed by atoms with van der Waals surface area (Å²) in [5, 5.41) is 0. The first-order valence-corrected chi connectivity index (χ1v) is 15.2. The molecule has 5 rings (SSSR count). The molecule has 9 heteroatoms. The predicted octanol–water partition coefficient (Wildman–Crippen LogP) is 3.77. The smallest absolute Gasteiger partial charge is 0.243 e. The molecule has 0 radical (unpaired) electrons. The van der Waals surface area contributed by atoms with E-state index in [0.29, 0.717) is 32.5 Å². The van der Waals surface area contributed by atoms with Gasteiger partial charge in [0.05, 0.1) is 18.0 Å². The molecule has 2 aromatic rings. The molecular weight excluding hydrogens is 502 g/mol. The summed E-state index contributed by atoms with van der Waals surface area (Å²) in [6.45, 7) is 3.19. The summed E-state index contributed by atoms with van der Waals surface area (Å²) in [4.78, 5) is 29.4. The van der Waals surface area contributed by atoms with Gasteiger partial charge in [-0.2, -0.15) is 4.31 Å². The number of piperidine rings is 1. The van der Waals surface area contributed by atoms with E-state index < -0.39 is 10.0 Å². The molecule has 2 bridgehead atoms. The van der Waals surface area contributed by atoms with Crippen molar-refractivity contribution in [2.45, 2.75) is 69.2 Å². The van der Waals surface area contributed by atoms with Crippen LogP contribution in [0.15, 0.2) is 47.4 Å². The molecule has 204 valence electrons. The van der Waals surface area contributed by atoms with Crippen molar-refractivity contribution in [3.8, 4) is 5.75 Å². The Bertz CT molecular complexity index is 1290. The molecule has 3 heterocycles. The highest BCUT2D eigenvalue weighted by Crippen LogP contribution is 2.31. The van der Waals surface area contributed by atoms with Crippen molar-refractivity contribution < 1.29 is 22.7 Å². The Morgan fingerprint density at radius 3 is 2.66 bits per heavy atom. The van der Waals surface area contributed by atoms with Crippen LogP contribution < -0.4 is 9.64 Å². The number of aryl methyl sites for hydroxylation is 2. The molecule has 1 fully saturated rings. The average molecular weight is 540 g/mol. The lowest BCUT2D eigenvalue weighted by atomic mass is 9.95. The molecule has 3 aliphatic rings. The second-order valence-electron chi connectivity index (χ2n) is 10.5. The number of nitrogens with zero attached hydrogens (tertiary/aromatic N) is 3. The van der Waals surface area contributed by atoms with E-state index in [-0.39, 0.29) is 35.8 Å². The lowest BCUT2D eigenvalue weighted by Crippen LogP contribution is -2.49. The molecule has 2 amide bonds. The maximum atomic E-state index is 13.9. The lowest BCUT2D eigenvalue weighted by molar-refractivity contribution is -0.135. The van der Waals surface area contributed by atoms with Gasteiger partial charge in [-0.1, -0.05) is 12.1 Å². The lowest BCUT2D eigenvalue weighted by Gasteiger charge is -2.37. The fourth-order valence-corrected chi connectivity index (χ4v) is 7.40. The molecule has 1 saturated heterocycles. The fraction of sp³-hybridized carbons (Fsp3) is 0.517. The molecule has 3 aliphatic heterocycles. The van der Waals surface area contributed by atoms with Crippen LogP contribution in [-0.2, 0) is 32.5 Å². The van der Waals surface area contributed by atoms with Gasteiger partial charge in [0.15, 0.2) is 0 Å². The van der Waals surface area contributed by atoms with Crippen molar-refractivity contribution in [3.63, 3.8) is 0 Å². The zero-order valence-corrected chi connectivity index (χ0v) is 22.9. The molecule has 0 saturated carbocycles. The minimum absolute atomic E-state index is 0.0523. The van der Waals surface area contributed by atoms with Crippen LogP contribution in [0.1, 0.15) is 56.6 Å². The summed E-state index contributed by atoms with van der Waals surface area (Å²) in [6.07, 6.45) is 6.60. The third-order valence-electron chi connectivity index (χ3n) is 7.93. The van der Waals surface area contributed by atoms with Crippen molar-refractivity contribution in [2.24, 2.45) is 0 Å². The van der Waals surface area contributed by atoms with Crippen molar-refractivity contribution >= 4 is 27.5 Å². The minimum Gasteiger partial charge on any atom is -0.494 e. The second-order valence-corrected chi connectivity index (χ2v) is 12.5. The largest absolute Gasteiger partial charge is 0.494 e. The van der Waals surface area contributed by atoms with Crippen LogP contribution >= 0.6 is 0 Å². The van der Waals surface area contributed by atoms with Gasteiger partial charge >= 0.3 is 0 Å². The van der Waals surface area contributed by atoms with Gasteiger partial charge < -0.3 is 14.5 Å². The van der Waals surface area contributed by atoms with Crippen molar-refractivity contribution in [1.82, 2.24) is 9.21 Å². The van der Waals surface area contributed by atoms with Crippen LogP contribution in [-0.4, -0.2) is 68.3 Å². The first-order chi connectivity index (χ1) is 18.3. The number of ether oxygens (including phenoxy) is 1. The highest BCUT2D eigenvalue weighted by atomic mass is 32.2. The molecule has 2 aromatic carbocycles. The number of hydrogen-bond donors (Lipinski definition) is 0. The van der Waals surface area contributed by atoms with E-state index in [1.165, 1.54) is 16.8 Å². The van der Waals surface area contributed by atoms with Crippen LogP contribution in [0.3, 0.4) is 0 Å². The number of fused-ring (bicyclic) bond motifs is 4. The number of rotatable bonds is 2. The van der Waals surface area contributed by atoms with Crippen molar-refractivity contribution in [1.29, 1.82) is 0 Å². The quantitative estimate of drug-likeness (QED) is 0.580. The Kier molecular flexibility index (Phi) is 8.04. The molecule has 0 aromatic heterocycles. The molecule has 8 nitrogen and oxygen atoms in total. The number of carbonyl (C=O) groups excluding carboxylic acids is 2. The normalized spacial score (nSPS) is 21.6. The number of amides is 2. The van der Waals surface area contributed by atoms with Crippen molar-refractivity contribution in [2.75, 3.05) is 37.7 Å². The zero-order valence-electron chi connectivity index (χ0n) is 22.1. The maximum Gasteiger partial charge on any atom is 0.243 e. The molecule has 0 aliphatic carbocycles. The van der Waals surface area contributed by atoms with Crippen LogP contribution in [0.2, 0.25) is 0 Å². The Labute approximate surface area is 225 Å². The Morgan fingerprint density at radius 1 is 0.947 bits per heavy atom. The monoisotopic (exact) mass is 539 g/mol. The standard InChI is InChI=1S/C29H37N3O5S/c1-22(33)31-17-5-8-24-20-27(13-14-28(24)31)38(35,36)30-15-6-18-37-26-10-4-7-23(19-26)11-12-25-9-2-3-16-32(25)29(34)21-30/h4,7,10,13-14,19-20,25H,2-3,5-6,8-9,11-12,15-18,21H2,1H3. The SMILES string of the molecule is CC(=O)N1CCCc2cc(S(=O)(=O)N3CCCOc4cccc(c4)CCC4CCCCN4C(=O)C3)ccc21. The number of anilines is 1.